The van der Waals surface area contributed by atoms with Gasteiger partial charge in [-0.3, -0.25) is 0 Å². The van der Waals surface area contributed by atoms with E-state index in [4.69, 9.17) is 0 Å². The van der Waals surface area contributed by atoms with Gasteiger partial charge in [0.25, 0.3) is 0 Å². The van der Waals surface area contributed by atoms with Gasteiger partial charge in [-0.05, 0) is 12.8 Å². The average Bonchev–Trinajstić information content (AvgIpc) is 2.10. The maximum Gasteiger partial charge on any atom is 0.161 e. The predicted molar refractivity (Wildman–Crippen MR) is 50.2 cm³/mol. The van der Waals surface area contributed by atoms with Crippen LogP contribution < -0.4 is 0 Å². The fourth-order valence-corrected chi connectivity index (χ4v) is 1.51. The van der Waals surface area contributed by atoms with Crippen molar-refractivity contribution < 1.29 is 15.3 Å². The van der Waals surface area contributed by atoms with E-state index in [1.807, 2.05) is 13.8 Å². The summed E-state index contributed by atoms with van der Waals surface area (Å²) >= 11 is 0. The smallest absolute Gasteiger partial charge is 0.161 e. The van der Waals surface area contributed by atoms with Crippen molar-refractivity contribution in [1.29, 1.82) is 0 Å². The minimum absolute atomic E-state index is 0.0506. The molecular weight excluding hydrogens is 168 g/mol. The van der Waals surface area contributed by atoms with Crippen molar-refractivity contribution >= 4 is 0 Å². The second-order valence-corrected chi connectivity index (χ2v) is 2.93. The minimum Gasteiger partial charge on any atom is -0.508 e. The Morgan fingerprint density at radius 1 is 0.923 bits per heavy atom. The van der Waals surface area contributed by atoms with Crippen LogP contribution in [0.25, 0.3) is 0 Å². The van der Waals surface area contributed by atoms with Gasteiger partial charge in [0.15, 0.2) is 11.5 Å². The predicted octanol–water partition coefficient (Wildman–Crippen LogP) is 1.93. The molecule has 3 N–H and O–H groups in total. The molecule has 0 atom stereocenters. The summed E-state index contributed by atoms with van der Waals surface area (Å²) in [5.41, 5.74) is 1.33. The quantitative estimate of drug-likeness (QED) is 0.483. The second kappa shape index (κ2) is 3.56. The number of phenolic OH excluding ortho intramolecular Hbond substituents is 3. The first-order valence-electron chi connectivity index (χ1n) is 4.37. The van der Waals surface area contributed by atoms with Gasteiger partial charge in [0.05, 0.1) is 0 Å². The first kappa shape index (κ1) is 9.71. The van der Waals surface area contributed by atoms with Gasteiger partial charge < -0.3 is 15.3 Å². The van der Waals surface area contributed by atoms with E-state index < -0.39 is 0 Å². The lowest BCUT2D eigenvalue weighted by Gasteiger charge is -2.11. The molecule has 1 rings (SSSR count). The maximum absolute atomic E-state index is 9.47. The molecule has 1 aromatic carbocycles. The highest BCUT2D eigenvalue weighted by atomic mass is 16.3. The van der Waals surface area contributed by atoms with Crippen LogP contribution in [0.1, 0.15) is 25.0 Å². The molecule has 0 aromatic heterocycles. The molecule has 0 spiro atoms. The van der Waals surface area contributed by atoms with Crippen molar-refractivity contribution in [2.45, 2.75) is 26.7 Å². The molecule has 72 valence electrons. The molecule has 0 fully saturated rings. The summed E-state index contributed by atoms with van der Waals surface area (Å²) in [7, 11) is 0. The van der Waals surface area contributed by atoms with Crippen LogP contribution in [0.2, 0.25) is 0 Å². The lowest BCUT2D eigenvalue weighted by molar-refractivity contribution is 0.390. The van der Waals surface area contributed by atoms with E-state index in [9.17, 15) is 15.3 Å². The Kier molecular flexibility index (Phi) is 2.66. The second-order valence-electron chi connectivity index (χ2n) is 2.93. The van der Waals surface area contributed by atoms with Crippen LogP contribution >= 0.6 is 0 Å². The van der Waals surface area contributed by atoms with E-state index in [0.717, 1.165) is 0 Å². The topological polar surface area (TPSA) is 60.7 Å². The van der Waals surface area contributed by atoms with Gasteiger partial charge in [0, 0.05) is 17.2 Å². The van der Waals surface area contributed by atoms with Crippen molar-refractivity contribution in [3.63, 3.8) is 0 Å². The minimum atomic E-state index is -0.258. The van der Waals surface area contributed by atoms with Crippen molar-refractivity contribution in [3.8, 4) is 17.2 Å². The van der Waals surface area contributed by atoms with E-state index in [1.165, 1.54) is 6.07 Å². The van der Waals surface area contributed by atoms with Crippen molar-refractivity contribution in [3.05, 3.63) is 17.2 Å². The molecule has 0 bridgehead atoms. The Balaban J connectivity index is 3.41. The molecule has 3 heteroatoms. The lowest BCUT2D eigenvalue weighted by Crippen LogP contribution is -1.92. The number of hydrogen-bond acceptors (Lipinski definition) is 3. The first-order valence-corrected chi connectivity index (χ1v) is 4.37. The summed E-state index contributed by atoms with van der Waals surface area (Å²) in [5.74, 6) is -0.321. The van der Waals surface area contributed by atoms with Gasteiger partial charge in [-0.25, -0.2) is 0 Å². The van der Waals surface area contributed by atoms with Gasteiger partial charge in [-0.2, -0.15) is 0 Å². The van der Waals surface area contributed by atoms with Crippen LogP contribution in [0.15, 0.2) is 6.07 Å². The molecule has 0 heterocycles. The standard InChI is InChI=1S/C10H14O3/c1-3-6-7(4-2)10(13)9(12)5-8(6)11/h5,11-13H,3-4H2,1-2H3. The van der Waals surface area contributed by atoms with E-state index in [0.29, 0.717) is 24.0 Å². The molecule has 0 aliphatic rings. The molecule has 1 aromatic rings. The third kappa shape index (κ3) is 1.54. The van der Waals surface area contributed by atoms with Gasteiger partial charge >= 0.3 is 0 Å². The van der Waals surface area contributed by atoms with Crippen LogP contribution in [-0.2, 0) is 12.8 Å². The molecule has 0 aliphatic heterocycles. The van der Waals surface area contributed by atoms with Crippen LogP contribution in [0.3, 0.4) is 0 Å². The van der Waals surface area contributed by atoms with E-state index in [1.54, 1.807) is 0 Å². The van der Waals surface area contributed by atoms with Gasteiger partial charge in [-0.1, -0.05) is 13.8 Å². The Morgan fingerprint density at radius 3 is 1.92 bits per heavy atom. The lowest BCUT2D eigenvalue weighted by atomic mass is 10.0. The summed E-state index contributed by atoms with van der Waals surface area (Å²) in [6.07, 6.45) is 1.24. The summed E-state index contributed by atoms with van der Waals surface area (Å²) in [5, 5.41) is 28.2. The highest BCUT2D eigenvalue weighted by Gasteiger charge is 2.13. The number of benzene rings is 1. The molecule has 0 saturated heterocycles. The Labute approximate surface area is 77.3 Å². The highest BCUT2D eigenvalue weighted by molar-refractivity contribution is 5.55. The van der Waals surface area contributed by atoms with Crippen molar-refractivity contribution in [1.82, 2.24) is 0 Å². The molecule has 0 unspecified atom stereocenters. The zero-order valence-corrected chi connectivity index (χ0v) is 7.83. The largest absolute Gasteiger partial charge is 0.508 e. The third-order valence-electron chi connectivity index (χ3n) is 2.18. The van der Waals surface area contributed by atoms with E-state index in [2.05, 4.69) is 0 Å². The van der Waals surface area contributed by atoms with E-state index in [-0.39, 0.29) is 17.2 Å². The summed E-state index contributed by atoms with van der Waals surface area (Å²) in [4.78, 5) is 0. The zero-order valence-electron chi connectivity index (χ0n) is 7.83. The van der Waals surface area contributed by atoms with Crippen LogP contribution in [-0.4, -0.2) is 15.3 Å². The Morgan fingerprint density at radius 2 is 1.46 bits per heavy atom. The molecule has 13 heavy (non-hydrogen) atoms. The zero-order chi connectivity index (χ0) is 10.0. The fraction of sp³-hybridized carbons (Fsp3) is 0.400. The van der Waals surface area contributed by atoms with Crippen molar-refractivity contribution in [2.75, 3.05) is 0 Å². The van der Waals surface area contributed by atoms with Crippen molar-refractivity contribution in [2.24, 2.45) is 0 Å². The SMILES string of the molecule is CCc1c(O)cc(O)c(O)c1CC. The van der Waals surface area contributed by atoms with Crippen LogP contribution in [0, 0.1) is 0 Å². The molecular formula is C10H14O3. The highest BCUT2D eigenvalue weighted by Crippen LogP contribution is 2.37. The Bertz CT molecular complexity index is 318. The number of rotatable bonds is 2. The van der Waals surface area contributed by atoms with E-state index >= 15 is 0 Å². The molecule has 0 aliphatic carbocycles. The van der Waals surface area contributed by atoms with Gasteiger partial charge in [0.2, 0.25) is 0 Å². The number of phenols is 3. The first-order chi connectivity index (χ1) is 6.11. The monoisotopic (exact) mass is 182 g/mol. The summed E-state index contributed by atoms with van der Waals surface area (Å²) < 4.78 is 0. The molecule has 0 saturated carbocycles. The number of aromatic hydroxyl groups is 3. The third-order valence-corrected chi connectivity index (χ3v) is 2.18. The maximum atomic E-state index is 9.47. The summed E-state index contributed by atoms with van der Waals surface area (Å²) in [6.45, 7) is 3.76. The average molecular weight is 182 g/mol. The Hall–Kier alpha value is -1.38. The van der Waals surface area contributed by atoms with Crippen LogP contribution in [0.4, 0.5) is 0 Å². The van der Waals surface area contributed by atoms with Gasteiger partial charge in [-0.15, -0.1) is 0 Å². The number of hydrogen-bond donors (Lipinski definition) is 3. The summed E-state index contributed by atoms with van der Waals surface area (Å²) in [6, 6.07) is 1.17. The molecule has 0 radical (unpaired) electrons. The van der Waals surface area contributed by atoms with Gasteiger partial charge in [0.1, 0.15) is 5.75 Å². The van der Waals surface area contributed by atoms with Crippen LogP contribution in [0.5, 0.6) is 17.2 Å². The molecule has 3 nitrogen and oxygen atoms in total. The fourth-order valence-electron chi connectivity index (χ4n) is 1.51. The molecule has 0 amide bonds. The normalized spacial score (nSPS) is 10.3.